The molecule has 0 atom stereocenters. The van der Waals surface area contributed by atoms with Crippen LogP contribution in [0.25, 0.3) is 22.6 Å². The van der Waals surface area contributed by atoms with E-state index >= 15 is 0 Å². The Morgan fingerprint density at radius 1 is 1.13 bits per heavy atom. The number of hydrogen-bond acceptors (Lipinski definition) is 6. The first-order chi connectivity index (χ1) is 10.8. The first-order valence-electron chi connectivity index (χ1n) is 6.40. The van der Waals surface area contributed by atoms with Gasteiger partial charge in [-0.3, -0.25) is 14.8 Å². The molecule has 0 aliphatic carbocycles. The van der Waals surface area contributed by atoms with Crippen LogP contribution in [0.1, 0.15) is 0 Å². The van der Waals surface area contributed by atoms with Crippen molar-refractivity contribution in [1.29, 1.82) is 0 Å². The van der Waals surface area contributed by atoms with Crippen molar-refractivity contribution in [2.75, 3.05) is 13.4 Å². The molecule has 0 saturated heterocycles. The van der Waals surface area contributed by atoms with Crippen molar-refractivity contribution >= 4 is 21.0 Å². The molecule has 9 nitrogen and oxygen atoms in total. The van der Waals surface area contributed by atoms with Crippen LogP contribution in [0.3, 0.4) is 0 Å². The normalized spacial score (nSPS) is 11.7. The monoisotopic (exact) mass is 336 g/mol. The number of aromatic nitrogens is 4. The average Bonchev–Trinajstić information content (AvgIpc) is 2.89. The Morgan fingerprint density at radius 2 is 1.87 bits per heavy atom. The van der Waals surface area contributed by atoms with Crippen LogP contribution in [-0.4, -0.2) is 41.7 Å². The van der Waals surface area contributed by atoms with Crippen molar-refractivity contribution in [3.8, 4) is 17.1 Å². The summed E-state index contributed by atoms with van der Waals surface area (Å²) < 4.78 is 28.6. The molecule has 2 heterocycles. The number of fused-ring (bicyclic) bond motifs is 1. The second-order valence-electron chi connectivity index (χ2n) is 4.85. The Balaban J connectivity index is 2.31. The van der Waals surface area contributed by atoms with Gasteiger partial charge in [-0.1, -0.05) is 0 Å². The maximum atomic E-state index is 11.8. The van der Waals surface area contributed by atoms with Crippen LogP contribution in [0.2, 0.25) is 0 Å². The van der Waals surface area contributed by atoms with Crippen LogP contribution in [-0.2, 0) is 9.84 Å². The molecule has 0 aliphatic rings. The fourth-order valence-electron chi connectivity index (χ4n) is 2.16. The summed E-state index contributed by atoms with van der Waals surface area (Å²) in [7, 11) is -2.00. The van der Waals surface area contributed by atoms with Gasteiger partial charge in [-0.25, -0.2) is 18.2 Å². The fraction of sp³-hybridized carbons (Fsp3) is 0.154. The van der Waals surface area contributed by atoms with Gasteiger partial charge in [-0.15, -0.1) is 0 Å². The van der Waals surface area contributed by atoms with Gasteiger partial charge in [0.25, 0.3) is 5.56 Å². The molecule has 0 amide bonds. The summed E-state index contributed by atoms with van der Waals surface area (Å²) in [6.07, 6.45) is 1.08. The molecule has 2 aromatic heterocycles. The van der Waals surface area contributed by atoms with E-state index in [0.717, 1.165) is 6.26 Å². The molecule has 10 heteroatoms. The molecular formula is C13H12N4O5S. The molecule has 0 radical (unpaired) electrons. The molecule has 23 heavy (non-hydrogen) atoms. The third-order valence-electron chi connectivity index (χ3n) is 3.24. The number of nitrogens with zero attached hydrogens (tertiary/aromatic N) is 1. The number of sulfone groups is 1. The summed E-state index contributed by atoms with van der Waals surface area (Å²) in [4.78, 5) is 34.5. The molecule has 0 saturated carbocycles. The highest BCUT2D eigenvalue weighted by Crippen LogP contribution is 2.30. The maximum absolute atomic E-state index is 11.8. The molecule has 3 aromatic rings. The van der Waals surface area contributed by atoms with E-state index in [1.165, 1.54) is 25.3 Å². The summed E-state index contributed by atoms with van der Waals surface area (Å²) in [6.45, 7) is 0. The first kappa shape index (κ1) is 15.0. The molecule has 0 spiro atoms. The van der Waals surface area contributed by atoms with E-state index in [1.54, 1.807) is 0 Å². The number of methoxy groups -OCH3 is 1. The van der Waals surface area contributed by atoms with E-state index in [4.69, 9.17) is 4.74 Å². The quantitative estimate of drug-likeness (QED) is 0.616. The Hall–Kier alpha value is -2.88. The molecule has 0 aliphatic heterocycles. The van der Waals surface area contributed by atoms with Gasteiger partial charge in [-0.2, -0.15) is 0 Å². The number of H-pyrrole nitrogens is 3. The van der Waals surface area contributed by atoms with E-state index in [1.807, 2.05) is 0 Å². The Kier molecular flexibility index (Phi) is 3.33. The van der Waals surface area contributed by atoms with Crippen LogP contribution in [0.4, 0.5) is 0 Å². The Morgan fingerprint density at radius 3 is 2.52 bits per heavy atom. The SMILES string of the molecule is COc1ccc(S(C)(=O)=O)cc1-c1nc2[nH]c(=O)[nH]c(=O)c2[nH]1. The number of rotatable bonds is 3. The van der Waals surface area contributed by atoms with E-state index in [0.29, 0.717) is 11.3 Å². The molecule has 0 unspecified atom stereocenters. The zero-order valence-corrected chi connectivity index (χ0v) is 12.9. The summed E-state index contributed by atoms with van der Waals surface area (Å²) in [5, 5.41) is 0. The number of nitrogens with one attached hydrogen (secondary N) is 3. The van der Waals surface area contributed by atoms with Crippen LogP contribution >= 0.6 is 0 Å². The van der Waals surface area contributed by atoms with Gasteiger partial charge >= 0.3 is 5.69 Å². The average molecular weight is 336 g/mol. The predicted molar refractivity (Wildman–Crippen MR) is 82.4 cm³/mol. The predicted octanol–water partition coefficient (Wildman–Crippen LogP) is 0.0186. The minimum Gasteiger partial charge on any atom is -0.496 e. The highest BCUT2D eigenvalue weighted by molar-refractivity contribution is 7.90. The number of benzene rings is 1. The zero-order chi connectivity index (χ0) is 16.8. The molecule has 0 bridgehead atoms. The van der Waals surface area contributed by atoms with Gasteiger partial charge in [0.15, 0.2) is 15.5 Å². The minimum absolute atomic E-state index is 0.0700. The zero-order valence-electron chi connectivity index (χ0n) is 12.1. The van der Waals surface area contributed by atoms with Gasteiger partial charge in [0, 0.05) is 6.26 Å². The van der Waals surface area contributed by atoms with E-state index in [9.17, 15) is 18.0 Å². The lowest BCUT2D eigenvalue weighted by atomic mass is 10.2. The number of aromatic amines is 3. The van der Waals surface area contributed by atoms with Gasteiger partial charge in [0.05, 0.1) is 17.6 Å². The van der Waals surface area contributed by atoms with Gasteiger partial charge in [-0.05, 0) is 18.2 Å². The summed E-state index contributed by atoms with van der Waals surface area (Å²) in [6, 6.07) is 4.29. The molecule has 120 valence electrons. The molecule has 1 aromatic carbocycles. The third kappa shape index (κ3) is 2.63. The highest BCUT2D eigenvalue weighted by Gasteiger charge is 2.17. The Labute approximate surface area is 129 Å². The topological polar surface area (TPSA) is 138 Å². The van der Waals surface area contributed by atoms with E-state index < -0.39 is 21.1 Å². The summed E-state index contributed by atoms with van der Waals surface area (Å²) >= 11 is 0. The van der Waals surface area contributed by atoms with Gasteiger partial charge in [0.1, 0.15) is 17.1 Å². The standard InChI is InChI=1S/C13H12N4O5S/c1-22-8-4-3-6(23(2,20)21)5-7(8)10-14-9-11(15-10)16-13(19)17-12(9)18/h3-5H,1-2H3,(H3,14,15,16,17,18,19). The third-order valence-corrected chi connectivity index (χ3v) is 4.35. The summed E-state index contributed by atoms with van der Waals surface area (Å²) in [5.74, 6) is 0.574. The van der Waals surface area contributed by atoms with Crippen LogP contribution < -0.4 is 16.0 Å². The summed E-state index contributed by atoms with van der Waals surface area (Å²) in [5.41, 5.74) is -0.808. The number of ether oxygens (including phenoxy) is 1. The largest absolute Gasteiger partial charge is 0.496 e. The van der Waals surface area contributed by atoms with E-state index in [-0.39, 0.29) is 21.9 Å². The smallest absolute Gasteiger partial charge is 0.327 e. The Bertz CT molecular complexity index is 1120. The van der Waals surface area contributed by atoms with Gasteiger partial charge < -0.3 is 9.72 Å². The number of imidazole rings is 1. The molecule has 3 rings (SSSR count). The van der Waals surface area contributed by atoms with Crippen molar-refractivity contribution in [3.63, 3.8) is 0 Å². The minimum atomic E-state index is -3.43. The molecule has 0 fully saturated rings. The van der Waals surface area contributed by atoms with Crippen molar-refractivity contribution < 1.29 is 13.2 Å². The second kappa shape index (κ2) is 5.09. The van der Waals surface area contributed by atoms with Crippen molar-refractivity contribution in [3.05, 3.63) is 39.0 Å². The second-order valence-corrected chi connectivity index (χ2v) is 6.87. The molecular weight excluding hydrogens is 324 g/mol. The highest BCUT2D eigenvalue weighted by atomic mass is 32.2. The lowest BCUT2D eigenvalue weighted by molar-refractivity contribution is 0.416. The van der Waals surface area contributed by atoms with Crippen molar-refractivity contribution in [2.24, 2.45) is 0 Å². The lowest BCUT2D eigenvalue weighted by Gasteiger charge is -2.08. The van der Waals surface area contributed by atoms with Crippen molar-refractivity contribution in [1.82, 2.24) is 19.9 Å². The molecule has 3 N–H and O–H groups in total. The fourth-order valence-corrected chi connectivity index (χ4v) is 2.81. The van der Waals surface area contributed by atoms with Crippen LogP contribution in [0.15, 0.2) is 32.7 Å². The first-order valence-corrected chi connectivity index (χ1v) is 8.29. The van der Waals surface area contributed by atoms with E-state index in [2.05, 4.69) is 19.9 Å². The van der Waals surface area contributed by atoms with Crippen molar-refractivity contribution in [2.45, 2.75) is 4.90 Å². The number of hydrogen-bond donors (Lipinski definition) is 3. The lowest BCUT2D eigenvalue weighted by Crippen LogP contribution is -2.21. The van der Waals surface area contributed by atoms with Crippen LogP contribution in [0, 0.1) is 0 Å². The maximum Gasteiger partial charge on any atom is 0.327 e. The van der Waals surface area contributed by atoms with Gasteiger partial charge in [0.2, 0.25) is 0 Å². The van der Waals surface area contributed by atoms with Crippen LogP contribution in [0.5, 0.6) is 5.75 Å².